The predicted octanol–water partition coefficient (Wildman–Crippen LogP) is 3.18. The van der Waals surface area contributed by atoms with Crippen molar-refractivity contribution < 1.29 is 9.13 Å². The maximum absolute atomic E-state index is 12.9. The molecule has 2 aromatic carbocycles. The first kappa shape index (κ1) is 15.1. The second-order valence-corrected chi connectivity index (χ2v) is 5.29. The van der Waals surface area contributed by atoms with Gasteiger partial charge in [-0.05, 0) is 54.5 Å². The monoisotopic (exact) mass is 312 g/mol. The fourth-order valence-electron chi connectivity index (χ4n) is 2.31. The average molecular weight is 312 g/mol. The molecule has 0 aliphatic carbocycles. The third kappa shape index (κ3) is 3.53. The molecule has 0 N–H and O–H groups in total. The average Bonchev–Trinajstić information content (AvgIpc) is 3.00. The molecule has 0 saturated heterocycles. The maximum atomic E-state index is 12.9. The predicted molar refractivity (Wildman–Crippen MR) is 84.6 cm³/mol. The zero-order valence-corrected chi connectivity index (χ0v) is 13.0. The van der Waals surface area contributed by atoms with E-state index in [1.807, 2.05) is 32.0 Å². The minimum atomic E-state index is -0.289. The molecule has 3 rings (SSSR count). The molecule has 1 aromatic heterocycles. The summed E-state index contributed by atoms with van der Waals surface area (Å²) in [5.41, 5.74) is 2.93. The van der Waals surface area contributed by atoms with Crippen LogP contribution < -0.4 is 4.74 Å². The van der Waals surface area contributed by atoms with Crippen LogP contribution in [0.25, 0.3) is 11.4 Å². The van der Waals surface area contributed by atoms with Gasteiger partial charge in [-0.25, -0.2) is 4.39 Å². The molecule has 0 aliphatic heterocycles. The van der Waals surface area contributed by atoms with Crippen LogP contribution in [-0.2, 0) is 6.54 Å². The molecule has 3 aromatic rings. The number of nitrogens with zero attached hydrogens (tertiary/aromatic N) is 4. The Hall–Kier alpha value is -2.76. The second-order valence-electron chi connectivity index (χ2n) is 5.29. The van der Waals surface area contributed by atoms with Gasteiger partial charge in [-0.1, -0.05) is 18.2 Å². The van der Waals surface area contributed by atoms with Gasteiger partial charge in [0.1, 0.15) is 18.2 Å². The molecule has 5 nitrogen and oxygen atoms in total. The van der Waals surface area contributed by atoms with Crippen molar-refractivity contribution in [3.05, 3.63) is 59.4 Å². The first-order chi connectivity index (χ1) is 11.1. The van der Waals surface area contributed by atoms with Crippen LogP contribution in [0.2, 0.25) is 0 Å². The molecule has 0 spiro atoms. The smallest absolute Gasteiger partial charge is 0.204 e. The standard InChI is InChI=1S/C17H17FN4O/c1-12-4-3-5-13(2)16(12)23-11-10-22-20-17(19-21-22)14-6-8-15(18)9-7-14/h3-9H,10-11H2,1-2H3. The third-order valence-electron chi connectivity index (χ3n) is 3.50. The Bertz CT molecular complexity index is 778. The molecule has 6 heteroatoms. The Morgan fingerprint density at radius 2 is 1.74 bits per heavy atom. The zero-order chi connectivity index (χ0) is 16.2. The number of aryl methyl sites for hydroxylation is 2. The van der Waals surface area contributed by atoms with Crippen molar-refractivity contribution in [2.75, 3.05) is 6.61 Å². The van der Waals surface area contributed by atoms with Gasteiger partial charge >= 0.3 is 0 Å². The van der Waals surface area contributed by atoms with E-state index in [2.05, 4.69) is 15.4 Å². The first-order valence-electron chi connectivity index (χ1n) is 7.36. The van der Waals surface area contributed by atoms with Crippen molar-refractivity contribution in [1.82, 2.24) is 20.2 Å². The molecule has 23 heavy (non-hydrogen) atoms. The second kappa shape index (κ2) is 6.56. The molecule has 0 fully saturated rings. The van der Waals surface area contributed by atoms with E-state index < -0.39 is 0 Å². The van der Waals surface area contributed by atoms with E-state index in [0.717, 1.165) is 22.4 Å². The van der Waals surface area contributed by atoms with E-state index in [0.29, 0.717) is 19.0 Å². The number of hydrogen-bond donors (Lipinski definition) is 0. The topological polar surface area (TPSA) is 52.8 Å². The highest BCUT2D eigenvalue weighted by atomic mass is 19.1. The van der Waals surface area contributed by atoms with E-state index in [-0.39, 0.29) is 5.82 Å². The number of ether oxygens (including phenoxy) is 1. The fraction of sp³-hybridized carbons (Fsp3) is 0.235. The number of tetrazole rings is 1. The number of rotatable bonds is 5. The van der Waals surface area contributed by atoms with Crippen LogP contribution in [0.15, 0.2) is 42.5 Å². The lowest BCUT2D eigenvalue weighted by molar-refractivity contribution is 0.277. The first-order valence-corrected chi connectivity index (χ1v) is 7.36. The van der Waals surface area contributed by atoms with Gasteiger partial charge in [0.2, 0.25) is 5.82 Å². The van der Waals surface area contributed by atoms with Crippen molar-refractivity contribution >= 4 is 0 Å². The molecule has 0 amide bonds. The van der Waals surface area contributed by atoms with Gasteiger partial charge < -0.3 is 4.74 Å². The lowest BCUT2D eigenvalue weighted by Crippen LogP contribution is -2.12. The van der Waals surface area contributed by atoms with Gasteiger partial charge in [-0.2, -0.15) is 4.80 Å². The SMILES string of the molecule is Cc1cccc(C)c1OCCn1nnc(-c2ccc(F)cc2)n1. The van der Waals surface area contributed by atoms with Crippen molar-refractivity contribution in [3.8, 4) is 17.1 Å². The Labute approximate surface area is 133 Å². The largest absolute Gasteiger partial charge is 0.491 e. The minimum absolute atomic E-state index is 0.289. The van der Waals surface area contributed by atoms with E-state index in [4.69, 9.17) is 4.74 Å². The highest BCUT2D eigenvalue weighted by molar-refractivity contribution is 5.53. The molecular weight excluding hydrogens is 295 g/mol. The van der Waals surface area contributed by atoms with E-state index in [1.165, 1.54) is 16.9 Å². The van der Waals surface area contributed by atoms with Gasteiger partial charge in [-0.3, -0.25) is 0 Å². The third-order valence-corrected chi connectivity index (χ3v) is 3.50. The van der Waals surface area contributed by atoms with Crippen LogP contribution in [0.1, 0.15) is 11.1 Å². The molecule has 118 valence electrons. The summed E-state index contributed by atoms with van der Waals surface area (Å²) in [6.07, 6.45) is 0. The van der Waals surface area contributed by atoms with E-state index in [1.54, 1.807) is 12.1 Å². The number of hydrogen-bond acceptors (Lipinski definition) is 4. The van der Waals surface area contributed by atoms with Gasteiger partial charge in [-0.15, -0.1) is 10.2 Å². The van der Waals surface area contributed by atoms with Crippen molar-refractivity contribution in [2.24, 2.45) is 0 Å². The van der Waals surface area contributed by atoms with Gasteiger partial charge in [0.25, 0.3) is 0 Å². The lowest BCUT2D eigenvalue weighted by atomic mass is 10.1. The highest BCUT2D eigenvalue weighted by Gasteiger charge is 2.07. The molecule has 0 saturated carbocycles. The molecule has 0 atom stereocenters. The summed E-state index contributed by atoms with van der Waals surface area (Å²) in [6, 6.07) is 12.0. The zero-order valence-electron chi connectivity index (χ0n) is 13.0. The Kier molecular flexibility index (Phi) is 4.32. The van der Waals surface area contributed by atoms with Crippen molar-refractivity contribution in [2.45, 2.75) is 20.4 Å². The fourth-order valence-corrected chi connectivity index (χ4v) is 2.31. The summed E-state index contributed by atoms with van der Waals surface area (Å²) >= 11 is 0. The molecular formula is C17H17FN4O. The Balaban J connectivity index is 1.62. The molecule has 1 heterocycles. The van der Waals surface area contributed by atoms with Crippen molar-refractivity contribution in [3.63, 3.8) is 0 Å². The Morgan fingerprint density at radius 3 is 2.43 bits per heavy atom. The normalized spacial score (nSPS) is 10.7. The molecule has 0 aliphatic rings. The van der Waals surface area contributed by atoms with E-state index >= 15 is 0 Å². The number of para-hydroxylation sites is 1. The van der Waals surface area contributed by atoms with Crippen LogP contribution in [-0.4, -0.2) is 26.8 Å². The van der Waals surface area contributed by atoms with Gasteiger partial charge in [0.15, 0.2) is 0 Å². The number of halogens is 1. The van der Waals surface area contributed by atoms with E-state index in [9.17, 15) is 4.39 Å². The minimum Gasteiger partial charge on any atom is -0.491 e. The van der Waals surface area contributed by atoms with Crippen LogP contribution in [0.5, 0.6) is 5.75 Å². The summed E-state index contributed by atoms with van der Waals surface area (Å²) in [7, 11) is 0. The molecule has 0 unspecified atom stereocenters. The summed E-state index contributed by atoms with van der Waals surface area (Å²) in [5, 5.41) is 12.3. The lowest BCUT2D eigenvalue weighted by Gasteiger charge is -2.11. The van der Waals surface area contributed by atoms with Gasteiger partial charge in [0.05, 0.1) is 6.54 Å². The van der Waals surface area contributed by atoms with Crippen molar-refractivity contribution in [1.29, 1.82) is 0 Å². The summed E-state index contributed by atoms with van der Waals surface area (Å²) in [4.78, 5) is 1.48. The molecule has 0 radical (unpaired) electrons. The molecule has 0 bridgehead atoms. The van der Waals surface area contributed by atoms with Crippen LogP contribution in [0.3, 0.4) is 0 Å². The summed E-state index contributed by atoms with van der Waals surface area (Å²) in [5.74, 6) is 1.08. The van der Waals surface area contributed by atoms with Gasteiger partial charge in [0, 0.05) is 5.56 Å². The summed E-state index contributed by atoms with van der Waals surface area (Å²) in [6.45, 7) is 4.97. The summed E-state index contributed by atoms with van der Waals surface area (Å²) < 4.78 is 18.7. The van der Waals surface area contributed by atoms with Crippen LogP contribution in [0, 0.1) is 19.7 Å². The number of benzene rings is 2. The number of aromatic nitrogens is 4. The maximum Gasteiger partial charge on any atom is 0.204 e. The quantitative estimate of drug-likeness (QED) is 0.726. The Morgan fingerprint density at radius 1 is 1.04 bits per heavy atom. The van der Waals surface area contributed by atoms with Crippen LogP contribution in [0.4, 0.5) is 4.39 Å². The highest BCUT2D eigenvalue weighted by Crippen LogP contribution is 2.22. The van der Waals surface area contributed by atoms with Crippen LogP contribution >= 0.6 is 0 Å².